The van der Waals surface area contributed by atoms with Crippen LogP contribution >= 0.6 is 0 Å². The van der Waals surface area contributed by atoms with Gasteiger partial charge in [0.15, 0.2) is 0 Å². The van der Waals surface area contributed by atoms with E-state index in [1.807, 2.05) is 0 Å². The van der Waals surface area contributed by atoms with Crippen molar-refractivity contribution in [3.63, 3.8) is 0 Å². The van der Waals surface area contributed by atoms with Crippen LogP contribution in [0.4, 0.5) is 10.1 Å². The van der Waals surface area contributed by atoms with Gasteiger partial charge in [-0.25, -0.2) is 8.42 Å². The number of hydrogen-bond acceptors (Lipinski definition) is 4. The average molecular weight is 235 g/mol. The second-order valence-electron chi connectivity index (χ2n) is 2.85. The van der Waals surface area contributed by atoms with Gasteiger partial charge in [0.2, 0.25) is 5.82 Å². The summed E-state index contributed by atoms with van der Waals surface area (Å²) in [6.45, 7) is 0. The minimum atomic E-state index is -2.67. The summed E-state index contributed by atoms with van der Waals surface area (Å²) in [6.07, 6.45) is 2.32. The molecule has 0 aliphatic heterocycles. The molecule has 0 spiro atoms. The third kappa shape index (κ3) is 7.56. The standard InChI is InChI=1S/C6H4FNO2.C2H6O2S/c7-5-3-1-2-4-6(5)8(9)10;1-5(2,3)4/h1-4H;1-2H3. The van der Waals surface area contributed by atoms with Crippen LogP contribution in [0.2, 0.25) is 0 Å². The highest BCUT2D eigenvalue weighted by Gasteiger charge is 2.10. The van der Waals surface area contributed by atoms with Crippen molar-refractivity contribution >= 4 is 15.5 Å². The number of rotatable bonds is 1. The van der Waals surface area contributed by atoms with Gasteiger partial charge < -0.3 is 0 Å². The zero-order valence-corrected chi connectivity index (χ0v) is 8.99. The summed E-state index contributed by atoms with van der Waals surface area (Å²) in [5.41, 5.74) is -0.484. The molecule has 5 nitrogen and oxygen atoms in total. The molecule has 0 atom stereocenters. The number of nitro groups is 1. The molecule has 0 N–H and O–H groups in total. The number of benzene rings is 1. The maximum atomic E-state index is 12.4. The zero-order chi connectivity index (χ0) is 12.1. The molecule has 0 aliphatic rings. The predicted octanol–water partition coefficient (Wildman–Crippen LogP) is 1.39. The Morgan fingerprint density at radius 2 is 1.67 bits per heavy atom. The topological polar surface area (TPSA) is 77.3 Å². The van der Waals surface area contributed by atoms with Crippen LogP contribution in [0.15, 0.2) is 24.3 Å². The van der Waals surface area contributed by atoms with E-state index in [2.05, 4.69) is 0 Å². The van der Waals surface area contributed by atoms with Gasteiger partial charge in [0.05, 0.1) is 4.92 Å². The van der Waals surface area contributed by atoms with E-state index in [1.54, 1.807) is 0 Å². The van der Waals surface area contributed by atoms with Crippen LogP contribution in [0, 0.1) is 15.9 Å². The van der Waals surface area contributed by atoms with Gasteiger partial charge in [-0.2, -0.15) is 4.39 Å². The largest absolute Gasteiger partial charge is 0.304 e. The highest BCUT2D eigenvalue weighted by Crippen LogP contribution is 2.14. The minimum Gasteiger partial charge on any atom is -0.258 e. The Labute approximate surface area is 86.6 Å². The Balaban J connectivity index is 0.000000336. The Bertz CT molecular complexity index is 436. The van der Waals surface area contributed by atoms with E-state index in [-0.39, 0.29) is 0 Å². The Morgan fingerprint density at radius 1 is 1.27 bits per heavy atom. The summed E-state index contributed by atoms with van der Waals surface area (Å²) in [5.74, 6) is -0.799. The first-order valence-corrected chi connectivity index (χ1v) is 6.05. The molecular weight excluding hydrogens is 225 g/mol. The first kappa shape index (κ1) is 13.5. The molecule has 1 aromatic carbocycles. The third-order valence-corrected chi connectivity index (χ3v) is 1.05. The summed E-state index contributed by atoms with van der Waals surface area (Å²) >= 11 is 0. The summed E-state index contributed by atoms with van der Waals surface area (Å²) in [6, 6.07) is 5.00. The zero-order valence-electron chi connectivity index (χ0n) is 8.18. The van der Waals surface area contributed by atoms with Crippen LogP contribution in [0.1, 0.15) is 0 Å². The molecule has 1 rings (SSSR count). The molecule has 0 aromatic heterocycles. The van der Waals surface area contributed by atoms with E-state index in [4.69, 9.17) is 0 Å². The number of para-hydroxylation sites is 1. The van der Waals surface area contributed by atoms with E-state index < -0.39 is 26.3 Å². The van der Waals surface area contributed by atoms with Gasteiger partial charge in [0.1, 0.15) is 9.84 Å². The van der Waals surface area contributed by atoms with Crippen molar-refractivity contribution in [1.29, 1.82) is 0 Å². The molecule has 0 saturated carbocycles. The van der Waals surface area contributed by atoms with Gasteiger partial charge in [-0.1, -0.05) is 12.1 Å². The molecule has 0 bridgehead atoms. The lowest BCUT2D eigenvalue weighted by Crippen LogP contribution is -1.90. The van der Waals surface area contributed by atoms with Gasteiger partial charge in [-0.05, 0) is 6.07 Å². The highest BCUT2D eigenvalue weighted by molar-refractivity contribution is 7.89. The summed E-state index contributed by atoms with van der Waals surface area (Å²) in [4.78, 5) is 9.23. The Morgan fingerprint density at radius 3 is 1.93 bits per heavy atom. The minimum absolute atomic E-state index is 0.484. The maximum Gasteiger partial charge on any atom is 0.304 e. The molecule has 15 heavy (non-hydrogen) atoms. The van der Waals surface area contributed by atoms with Crippen molar-refractivity contribution in [3.05, 3.63) is 40.2 Å². The van der Waals surface area contributed by atoms with Crippen molar-refractivity contribution in [2.75, 3.05) is 12.5 Å². The fraction of sp³-hybridized carbons (Fsp3) is 0.250. The molecule has 0 unspecified atom stereocenters. The van der Waals surface area contributed by atoms with Crippen LogP contribution in [0.5, 0.6) is 0 Å². The maximum absolute atomic E-state index is 12.4. The van der Waals surface area contributed by atoms with E-state index in [1.165, 1.54) is 12.1 Å². The molecule has 0 saturated heterocycles. The Kier molecular flexibility index (Phi) is 4.86. The van der Waals surface area contributed by atoms with Crippen LogP contribution < -0.4 is 0 Å². The van der Waals surface area contributed by atoms with Crippen LogP contribution in [-0.2, 0) is 9.84 Å². The summed E-state index contributed by atoms with van der Waals surface area (Å²) in [7, 11) is -2.67. The van der Waals surface area contributed by atoms with Crippen molar-refractivity contribution < 1.29 is 17.7 Å². The lowest BCUT2D eigenvalue weighted by Gasteiger charge is -1.89. The summed E-state index contributed by atoms with van der Waals surface area (Å²) in [5, 5.41) is 9.99. The SMILES string of the molecule is CS(C)(=O)=O.O=[N+]([O-])c1ccccc1F. The van der Waals surface area contributed by atoms with Crippen molar-refractivity contribution in [2.45, 2.75) is 0 Å². The lowest BCUT2D eigenvalue weighted by atomic mass is 10.3. The predicted molar refractivity (Wildman–Crippen MR) is 53.8 cm³/mol. The monoisotopic (exact) mass is 235 g/mol. The number of hydrogen-bond donors (Lipinski definition) is 0. The van der Waals surface area contributed by atoms with Crippen LogP contribution in [0.25, 0.3) is 0 Å². The molecule has 0 heterocycles. The number of sulfone groups is 1. The summed E-state index contributed by atoms with van der Waals surface area (Å²) < 4.78 is 31.7. The number of nitrogens with zero attached hydrogens (tertiary/aromatic N) is 1. The smallest absolute Gasteiger partial charge is 0.258 e. The molecular formula is C8H10FNO4S. The van der Waals surface area contributed by atoms with Crippen molar-refractivity contribution in [3.8, 4) is 0 Å². The molecule has 0 fully saturated rings. The third-order valence-electron chi connectivity index (χ3n) is 1.05. The van der Waals surface area contributed by atoms with Gasteiger partial charge >= 0.3 is 5.69 Å². The van der Waals surface area contributed by atoms with Gasteiger partial charge in [0, 0.05) is 18.6 Å². The molecule has 0 aliphatic carbocycles. The molecule has 1 aromatic rings. The second kappa shape index (κ2) is 5.40. The van der Waals surface area contributed by atoms with Crippen molar-refractivity contribution in [1.82, 2.24) is 0 Å². The molecule has 84 valence electrons. The van der Waals surface area contributed by atoms with E-state index in [9.17, 15) is 22.9 Å². The van der Waals surface area contributed by atoms with E-state index >= 15 is 0 Å². The Hall–Kier alpha value is -1.50. The molecule has 0 amide bonds. The first-order chi connectivity index (χ1) is 6.72. The normalized spacial score (nSPS) is 10.1. The number of nitro benzene ring substituents is 1. The van der Waals surface area contributed by atoms with Gasteiger partial charge in [-0.15, -0.1) is 0 Å². The first-order valence-electron chi connectivity index (χ1n) is 3.75. The van der Waals surface area contributed by atoms with Crippen LogP contribution in [0.3, 0.4) is 0 Å². The van der Waals surface area contributed by atoms with Crippen LogP contribution in [-0.4, -0.2) is 25.9 Å². The highest BCUT2D eigenvalue weighted by atomic mass is 32.2. The lowest BCUT2D eigenvalue weighted by molar-refractivity contribution is -0.387. The fourth-order valence-electron chi connectivity index (χ4n) is 0.600. The quantitative estimate of drug-likeness (QED) is 0.544. The number of halogens is 1. The fourth-order valence-corrected chi connectivity index (χ4v) is 0.600. The van der Waals surface area contributed by atoms with E-state index in [0.29, 0.717) is 0 Å². The molecule has 0 radical (unpaired) electrons. The van der Waals surface area contributed by atoms with Crippen molar-refractivity contribution in [2.24, 2.45) is 0 Å². The van der Waals surface area contributed by atoms with Gasteiger partial charge in [0.25, 0.3) is 0 Å². The van der Waals surface area contributed by atoms with E-state index in [0.717, 1.165) is 24.6 Å². The molecule has 7 heteroatoms. The average Bonchev–Trinajstić information content (AvgIpc) is 2.01. The second-order valence-corrected chi connectivity index (χ2v) is 5.14. The van der Waals surface area contributed by atoms with Gasteiger partial charge in [-0.3, -0.25) is 10.1 Å².